The summed E-state index contributed by atoms with van der Waals surface area (Å²) in [4.78, 5) is 16.3. The van der Waals surface area contributed by atoms with Gasteiger partial charge < -0.3 is 14.5 Å². The topological polar surface area (TPSA) is 32.8 Å². The molecular formula is C19H27FN2O2. The van der Waals surface area contributed by atoms with Crippen molar-refractivity contribution in [2.24, 2.45) is 0 Å². The number of ether oxygens (including phenoxy) is 1. The summed E-state index contributed by atoms with van der Waals surface area (Å²) in [6.45, 7) is 5.42. The quantitative estimate of drug-likeness (QED) is 0.848. The van der Waals surface area contributed by atoms with Crippen molar-refractivity contribution in [2.45, 2.75) is 44.3 Å². The maximum Gasteiger partial charge on any atom is 0.251 e. The summed E-state index contributed by atoms with van der Waals surface area (Å²) in [5, 5.41) is 0. The monoisotopic (exact) mass is 334 g/mol. The maximum atomic E-state index is 13.7. The molecule has 4 nitrogen and oxygen atoms in total. The van der Waals surface area contributed by atoms with E-state index in [1.54, 1.807) is 6.07 Å². The molecule has 5 heteroatoms. The highest BCUT2D eigenvalue weighted by atomic mass is 19.1. The van der Waals surface area contributed by atoms with E-state index in [-0.39, 0.29) is 23.4 Å². The first-order valence-corrected chi connectivity index (χ1v) is 8.91. The van der Waals surface area contributed by atoms with Gasteiger partial charge in [0.05, 0.1) is 5.60 Å². The lowest BCUT2D eigenvalue weighted by atomic mass is 9.88. The van der Waals surface area contributed by atoms with Crippen LogP contribution in [0, 0.1) is 5.82 Å². The normalized spacial score (nSPS) is 24.5. The van der Waals surface area contributed by atoms with Gasteiger partial charge in [-0.25, -0.2) is 4.39 Å². The van der Waals surface area contributed by atoms with Gasteiger partial charge in [0.15, 0.2) is 0 Å². The molecule has 1 aromatic carbocycles. The molecule has 2 fully saturated rings. The molecule has 0 aromatic heterocycles. The van der Waals surface area contributed by atoms with E-state index in [4.69, 9.17) is 4.74 Å². The average Bonchev–Trinajstić information content (AvgIpc) is 2.59. The number of likely N-dealkylation sites (tertiary alicyclic amines) is 1. The first-order valence-electron chi connectivity index (χ1n) is 8.91. The number of hydrogen-bond donors (Lipinski definition) is 0. The largest absolute Gasteiger partial charge is 0.360 e. The van der Waals surface area contributed by atoms with E-state index in [1.165, 1.54) is 6.07 Å². The van der Waals surface area contributed by atoms with Crippen molar-refractivity contribution >= 4 is 5.91 Å². The van der Waals surface area contributed by atoms with Crippen LogP contribution < -0.4 is 0 Å². The van der Waals surface area contributed by atoms with Crippen molar-refractivity contribution < 1.29 is 13.9 Å². The van der Waals surface area contributed by atoms with E-state index in [0.717, 1.165) is 50.9 Å². The van der Waals surface area contributed by atoms with Crippen LogP contribution in [-0.2, 0) is 16.0 Å². The van der Waals surface area contributed by atoms with E-state index in [1.807, 2.05) is 31.0 Å². The minimum absolute atomic E-state index is 0.102. The molecule has 0 aliphatic carbocycles. The van der Waals surface area contributed by atoms with E-state index >= 15 is 0 Å². The first kappa shape index (κ1) is 17.4. The lowest BCUT2D eigenvalue weighted by molar-refractivity contribution is -0.190. The molecule has 2 aliphatic rings. The van der Waals surface area contributed by atoms with Crippen LogP contribution >= 0.6 is 0 Å². The fraction of sp³-hybridized carbons (Fsp3) is 0.632. The Morgan fingerprint density at radius 1 is 1.29 bits per heavy atom. The number of carbonyl (C=O) groups excluding carboxylic acids is 1. The number of morpholine rings is 1. The van der Waals surface area contributed by atoms with Gasteiger partial charge in [0.2, 0.25) is 0 Å². The predicted octanol–water partition coefficient (Wildman–Crippen LogP) is 2.47. The molecule has 132 valence electrons. The van der Waals surface area contributed by atoms with Gasteiger partial charge in [-0.15, -0.1) is 0 Å². The minimum Gasteiger partial charge on any atom is -0.360 e. The molecular weight excluding hydrogens is 307 g/mol. The Labute approximate surface area is 143 Å². The second kappa shape index (κ2) is 7.19. The lowest BCUT2D eigenvalue weighted by Gasteiger charge is -2.48. The molecule has 1 atom stereocenters. The average molecular weight is 334 g/mol. The summed E-state index contributed by atoms with van der Waals surface area (Å²) in [6.07, 6.45) is 3.02. The number of piperidine rings is 1. The zero-order valence-electron chi connectivity index (χ0n) is 14.6. The van der Waals surface area contributed by atoms with Gasteiger partial charge >= 0.3 is 0 Å². The summed E-state index contributed by atoms with van der Waals surface area (Å²) < 4.78 is 19.9. The van der Waals surface area contributed by atoms with Crippen LogP contribution in [0.4, 0.5) is 4.39 Å². The molecule has 0 N–H and O–H groups in total. The van der Waals surface area contributed by atoms with Crippen LogP contribution in [0.5, 0.6) is 0 Å². The molecule has 1 spiro atoms. The highest BCUT2D eigenvalue weighted by Crippen LogP contribution is 2.33. The number of likely N-dealkylation sites (N-methyl/N-ethyl adjacent to an activating group) is 1. The molecule has 1 aromatic rings. The highest BCUT2D eigenvalue weighted by Gasteiger charge is 2.44. The molecule has 0 bridgehead atoms. The van der Waals surface area contributed by atoms with Crippen LogP contribution in [0.25, 0.3) is 0 Å². The number of hydrogen-bond acceptors (Lipinski definition) is 3. The molecule has 2 heterocycles. The molecule has 2 aliphatic heterocycles. The number of nitrogens with zero attached hydrogens (tertiary/aromatic N) is 2. The first-order chi connectivity index (χ1) is 11.5. The summed E-state index contributed by atoms with van der Waals surface area (Å²) >= 11 is 0. The predicted molar refractivity (Wildman–Crippen MR) is 91.3 cm³/mol. The zero-order valence-corrected chi connectivity index (χ0v) is 14.6. The molecule has 0 unspecified atom stereocenters. The van der Waals surface area contributed by atoms with Crippen molar-refractivity contribution in [1.82, 2.24) is 9.80 Å². The lowest BCUT2D eigenvalue weighted by Crippen LogP contribution is -2.60. The Hall–Kier alpha value is -1.46. The van der Waals surface area contributed by atoms with Gasteiger partial charge in [0, 0.05) is 33.2 Å². The van der Waals surface area contributed by atoms with Crippen molar-refractivity contribution in [1.29, 1.82) is 0 Å². The SMILES string of the molecule is CC[C@H]1OC2(CCN(CCc3ccccc3F)CC2)CN(C)C1=O. The smallest absolute Gasteiger partial charge is 0.251 e. The fourth-order valence-corrected chi connectivity index (χ4v) is 3.84. The van der Waals surface area contributed by atoms with Gasteiger partial charge in [-0.3, -0.25) is 4.79 Å². The van der Waals surface area contributed by atoms with Crippen molar-refractivity contribution in [2.75, 3.05) is 33.2 Å². The zero-order chi connectivity index (χ0) is 17.2. The third-order valence-corrected chi connectivity index (χ3v) is 5.36. The number of halogens is 1. The Bertz CT molecular complexity index is 584. The Morgan fingerprint density at radius 3 is 2.67 bits per heavy atom. The molecule has 1 amide bonds. The summed E-state index contributed by atoms with van der Waals surface area (Å²) in [6, 6.07) is 6.99. The summed E-state index contributed by atoms with van der Waals surface area (Å²) in [7, 11) is 1.87. The Kier molecular flexibility index (Phi) is 5.21. The summed E-state index contributed by atoms with van der Waals surface area (Å²) in [5.41, 5.74) is 0.584. The van der Waals surface area contributed by atoms with E-state index in [0.29, 0.717) is 6.54 Å². The van der Waals surface area contributed by atoms with E-state index in [2.05, 4.69) is 4.90 Å². The number of benzene rings is 1. The van der Waals surface area contributed by atoms with Crippen molar-refractivity contribution in [3.05, 3.63) is 35.6 Å². The van der Waals surface area contributed by atoms with E-state index < -0.39 is 0 Å². The number of amides is 1. The van der Waals surface area contributed by atoms with Crippen LogP contribution in [0.1, 0.15) is 31.7 Å². The maximum absolute atomic E-state index is 13.7. The number of carbonyl (C=O) groups is 1. The second-order valence-electron chi connectivity index (χ2n) is 7.08. The Morgan fingerprint density at radius 2 is 2.00 bits per heavy atom. The van der Waals surface area contributed by atoms with Gasteiger partial charge in [-0.1, -0.05) is 25.1 Å². The molecule has 2 saturated heterocycles. The summed E-state index contributed by atoms with van der Waals surface area (Å²) in [5.74, 6) is -0.0161. The minimum atomic E-state index is -0.297. The van der Waals surface area contributed by atoms with E-state index in [9.17, 15) is 9.18 Å². The third-order valence-electron chi connectivity index (χ3n) is 5.36. The third kappa shape index (κ3) is 3.62. The standard InChI is InChI=1S/C19H27FN2O2/c1-3-17-18(23)21(2)14-19(24-17)9-12-22(13-10-19)11-8-15-6-4-5-7-16(15)20/h4-7,17H,3,8-14H2,1-2H3/t17-/m1/s1. The van der Waals surface area contributed by atoms with Gasteiger partial charge in [0.1, 0.15) is 11.9 Å². The molecule has 0 radical (unpaired) electrons. The molecule has 24 heavy (non-hydrogen) atoms. The van der Waals surface area contributed by atoms with Crippen LogP contribution in [0.15, 0.2) is 24.3 Å². The Balaban J connectivity index is 1.54. The van der Waals surface area contributed by atoms with Crippen LogP contribution in [-0.4, -0.2) is 60.6 Å². The highest BCUT2D eigenvalue weighted by molar-refractivity contribution is 5.81. The second-order valence-corrected chi connectivity index (χ2v) is 7.08. The molecule has 0 saturated carbocycles. The van der Waals surface area contributed by atoms with Gasteiger partial charge in [0.25, 0.3) is 5.91 Å². The van der Waals surface area contributed by atoms with Crippen LogP contribution in [0.3, 0.4) is 0 Å². The fourth-order valence-electron chi connectivity index (χ4n) is 3.84. The van der Waals surface area contributed by atoms with Crippen LogP contribution in [0.2, 0.25) is 0 Å². The van der Waals surface area contributed by atoms with Gasteiger partial charge in [-0.2, -0.15) is 0 Å². The molecule has 3 rings (SSSR count). The van der Waals surface area contributed by atoms with Crippen molar-refractivity contribution in [3.63, 3.8) is 0 Å². The van der Waals surface area contributed by atoms with Gasteiger partial charge in [-0.05, 0) is 37.3 Å². The number of rotatable bonds is 4. The van der Waals surface area contributed by atoms with Crippen molar-refractivity contribution in [3.8, 4) is 0 Å².